The van der Waals surface area contributed by atoms with Crippen LogP contribution in [0, 0.1) is 6.92 Å². The molecule has 1 atom stereocenters. The van der Waals surface area contributed by atoms with Gasteiger partial charge < -0.3 is 4.90 Å². The van der Waals surface area contributed by atoms with Crippen molar-refractivity contribution in [3.63, 3.8) is 0 Å². The maximum atomic E-state index is 13.1. The van der Waals surface area contributed by atoms with Crippen LogP contribution in [0.5, 0.6) is 0 Å². The first-order chi connectivity index (χ1) is 15.2. The summed E-state index contributed by atoms with van der Waals surface area (Å²) in [4.78, 5) is 39.5. The van der Waals surface area contributed by atoms with Gasteiger partial charge in [-0.15, -0.1) is 0 Å². The lowest BCUT2D eigenvalue weighted by molar-refractivity contribution is -0.918. The van der Waals surface area contributed by atoms with Crippen molar-refractivity contribution in [1.82, 2.24) is 4.31 Å². The summed E-state index contributed by atoms with van der Waals surface area (Å²) in [5.74, 6) is -0.649. The number of nitrogens with zero attached hydrogens (tertiary/aromatic N) is 2. The molecule has 2 heterocycles. The van der Waals surface area contributed by atoms with E-state index < -0.39 is 16.1 Å². The molecule has 0 spiro atoms. The van der Waals surface area contributed by atoms with Crippen LogP contribution in [0.2, 0.25) is 0 Å². The second-order valence-electron chi connectivity index (χ2n) is 8.30. The van der Waals surface area contributed by atoms with Gasteiger partial charge in [0.25, 0.3) is 5.91 Å². The Labute approximate surface area is 187 Å². The van der Waals surface area contributed by atoms with Crippen molar-refractivity contribution in [3.05, 3.63) is 59.7 Å². The number of imide groups is 1. The van der Waals surface area contributed by atoms with Gasteiger partial charge in [0.15, 0.2) is 11.8 Å². The molecule has 2 aromatic carbocycles. The summed E-state index contributed by atoms with van der Waals surface area (Å²) in [6, 6.07) is 12.7. The molecular weight excluding hydrogens is 430 g/mol. The maximum absolute atomic E-state index is 13.1. The molecule has 32 heavy (non-hydrogen) atoms. The summed E-state index contributed by atoms with van der Waals surface area (Å²) in [6.45, 7) is 4.84. The minimum atomic E-state index is -3.58. The molecule has 0 aliphatic carbocycles. The first-order valence-corrected chi connectivity index (χ1v) is 12.0. The van der Waals surface area contributed by atoms with Gasteiger partial charge in [0.2, 0.25) is 15.9 Å². The van der Waals surface area contributed by atoms with Crippen LogP contribution in [0.25, 0.3) is 0 Å². The second-order valence-corrected chi connectivity index (χ2v) is 10.2. The normalized spacial score (nSPS) is 20.7. The molecule has 168 valence electrons. The van der Waals surface area contributed by atoms with Crippen molar-refractivity contribution in [2.75, 3.05) is 31.1 Å². The molecule has 0 radical (unpaired) electrons. The molecule has 1 N–H and O–H groups in total. The topological polar surface area (TPSA) is 96.3 Å². The molecule has 2 amide bonds. The lowest BCUT2D eigenvalue weighted by Gasteiger charge is -2.33. The van der Waals surface area contributed by atoms with Crippen molar-refractivity contribution < 1.29 is 27.7 Å². The van der Waals surface area contributed by atoms with E-state index >= 15 is 0 Å². The molecular formula is C23H26N3O5S+. The van der Waals surface area contributed by atoms with E-state index in [0.29, 0.717) is 24.3 Å². The number of ketones is 1. The van der Waals surface area contributed by atoms with Crippen molar-refractivity contribution in [2.24, 2.45) is 0 Å². The predicted molar refractivity (Wildman–Crippen MR) is 118 cm³/mol. The maximum Gasteiger partial charge on any atom is 0.292 e. The van der Waals surface area contributed by atoms with Gasteiger partial charge in [-0.05, 0) is 50.2 Å². The minimum absolute atomic E-state index is 0.0867. The van der Waals surface area contributed by atoms with Gasteiger partial charge in [0.1, 0.15) is 0 Å². The fourth-order valence-electron chi connectivity index (χ4n) is 4.29. The van der Waals surface area contributed by atoms with Crippen molar-refractivity contribution >= 4 is 33.3 Å². The zero-order chi connectivity index (χ0) is 23.0. The molecule has 4 rings (SSSR count). The van der Waals surface area contributed by atoms with E-state index in [1.165, 1.54) is 16.1 Å². The lowest BCUT2D eigenvalue weighted by Crippen LogP contribution is -3.19. The number of sulfonamides is 1. The number of nitrogens with one attached hydrogen (secondary N) is 1. The van der Waals surface area contributed by atoms with Crippen molar-refractivity contribution in [1.29, 1.82) is 0 Å². The molecule has 2 aliphatic rings. The Morgan fingerprint density at radius 2 is 1.56 bits per heavy atom. The number of quaternary nitrogens is 1. The fraction of sp³-hybridized carbons (Fsp3) is 0.348. The average molecular weight is 457 g/mol. The minimum Gasteiger partial charge on any atom is -0.322 e. The van der Waals surface area contributed by atoms with Crippen LogP contribution < -0.4 is 9.80 Å². The smallest absolute Gasteiger partial charge is 0.292 e. The average Bonchev–Trinajstić information content (AvgIpc) is 3.08. The highest BCUT2D eigenvalue weighted by Gasteiger charge is 2.47. The molecule has 2 aromatic rings. The third-order valence-corrected chi connectivity index (χ3v) is 8.11. The van der Waals surface area contributed by atoms with E-state index in [-0.39, 0.29) is 42.0 Å². The summed E-state index contributed by atoms with van der Waals surface area (Å²) < 4.78 is 27.3. The van der Waals surface area contributed by atoms with Crippen molar-refractivity contribution in [3.8, 4) is 0 Å². The van der Waals surface area contributed by atoms with Gasteiger partial charge in [0.05, 0.1) is 43.2 Å². The number of piperazine rings is 1. The second kappa shape index (κ2) is 8.57. The summed E-state index contributed by atoms with van der Waals surface area (Å²) in [5.41, 5.74) is 1.96. The van der Waals surface area contributed by atoms with Crippen LogP contribution >= 0.6 is 0 Å². The summed E-state index contributed by atoms with van der Waals surface area (Å²) in [6.07, 6.45) is 0.0906. The van der Waals surface area contributed by atoms with Crippen LogP contribution in [0.15, 0.2) is 53.4 Å². The molecule has 0 bridgehead atoms. The summed E-state index contributed by atoms with van der Waals surface area (Å²) in [7, 11) is -3.58. The van der Waals surface area contributed by atoms with Gasteiger partial charge in [-0.1, -0.05) is 17.7 Å². The molecule has 8 nitrogen and oxygen atoms in total. The molecule has 0 aromatic heterocycles. The van der Waals surface area contributed by atoms with Crippen LogP contribution in [-0.2, 0) is 19.6 Å². The first-order valence-electron chi connectivity index (χ1n) is 10.6. The number of rotatable bonds is 5. The Balaban J connectivity index is 1.44. The van der Waals surface area contributed by atoms with Crippen molar-refractivity contribution in [2.45, 2.75) is 31.2 Å². The standard InChI is InChI=1S/C23H25N3O5S/c1-16-3-9-20(10-4-16)32(30,31)25-13-11-24(12-14-25)21-15-22(28)26(23(21)29)19-7-5-18(6-8-19)17(2)27/h3-10,21H,11-15H2,1-2H3/p+1/t21-/m1/s1. The van der Waals surface area contributed by atoms with Gasteiger partial charge in [-0.2, -0.15) is 4.31 Å². The highest BCUT2D eigenvalue weighted by Crippen LogP contribution is 2.23. The van der Waals surface area contributed by atoms with Crippen LogP contribution in [0.3, 0.4) is 0 Å². The van der Waals surface area contributed by atoms with E-state index in [4.69, 9.17) is 0 Å². The molecule has 2 fully saturated rings. The Morgan fingerprint density at radius 1 is 0.969 bits per heavy atom. The number of amides is 2. The monoisotopic (exact) mass is 456 g/mol. The van der Waals surface area contributed by atoms with Gasteiger partial charge in [-0.25, -0.2) is 13.3 Å². The number of Topliss-reactive ketones (excluding diaryl/α,β-unsaturated/α-hetero) is 1. The van der Waals surface area contributed by atoms with Crippen LogP contribution in [0.1, 0.15) is 29.3 Å². The number of carbonyl (C=O) groups excluding carboxylic acids is 3. The quantitative estimate of drug-likeness (QED) is 0.520. The van der Waals surface area contributed by atoms with Gasteiger partial charge >= 0.3 is 0 Å². The van der Waals surface area contributed by atoms with E-state index in [1.807, 2.05) is 6.92 Å². The number of anilines is 1. The number of benzene rings is 2. The molecule has 0 saturated carbocycles. The summed E-state index contributed by atoms with van der Waals surface area (Å²) in [5, 5.41) is 0. The number of aryl methyl sites for hydroxylation is 1. The predicted octanol–water partition coefficient (Wildman–Crippen LogP) is 0.419. The Hall–Kier alpha value is -2.88. The zero-order valence-corrected chi connectivity index (χ0v) is 18.9. The summed E-state index contributed by atoms with van der Waals surface area (Å²) >= 11 is 0. The molecule has 0 unspecified atom stereocenters. The Kier molecular flexibility index (Phi) is 5.98. The van der Waals surface area contributed by atoms with E-state index in [1.54, 1.807) is 48.5 Å². The fourth-order valence-corrected chi connectivity index (χ4v) is 5.73. The Morgan fingerprint density at radius 3 is 2.12 bits per heavy atom. The number of carbonyl (C=O) groups is 3. The largest absolute Gasteiger partial charge is 0.322 e. The highest BCUT2D eigenvalue weighted by atomic mass is 32.2. The first kappa shape index (κ1) is 22.3. The SMILES string of the molecule is CC(=O)c1ccc(N2C(=O)C[C@@H]([NH+]3CCN(S(=O)(=O)c4ccc(C)cc4)CC3)C2=O)cc1. The molecule has 9 heteroatoms. The van der Waals surface area contributed by atoms with Gasteiger partial charge in [-0.3, -0.25) is 14.4 Å². The van der Waals surface area contributed by atoms with E-state index in [9.17, 15) is 22.8 Å². The van der Waals surface area contributed by atoms with E-state index in [2.05, 4.69) is 0 Å². The number of hydrogen-bond donors (Lipinski definition) is 1. The van der Waals surface area contributed by atoms with Crippen LogP contribution in [-0.4, -0.2) is 62.5 Å². The van der Waals surface area contributed by atoms with Crippen LogP contribution in [0.4, 0.5) is 5.69 Å². The molecule has 2 saturated heterocycles. The zero-order valence-electron chi connectivity index (χ0n) is 18.1. The third kappa shape index (κ3) is 4.11. The Bertz CT molecular complexity index is 1150. The van der Waals surface area contributed by atoms with Gasteiger partial charge in [0, 0.05) is 5.56 Å². The highest BCUT2D eigenvalue weighted by molar-refractivity contribution is 7.89. The lowest BCUT2D eigenvalue weighted by atomic mass is 10.1. The number of hydrogen-bond acceptors (Lipinski definition) is 5. The third-order valence-electron chi connectivity index (χ3n) is 6.19. The molecule has 2 aliphatic heterocycles. The van der Waals surface area contributed by atoms with E-state index in [0.717, 1.165) is 10.5 Å².